The van der Waals surface area contributed by atoms with E-state index in [4.69, 9.17) is 4.74 Å². The number of fused-ring (bicyclic) bond motifs is 1. The summed E-state index contributed by atoms with van der Waals surface area (Å²) in [4.78, 5) is 1.01. The van der Waals surface area contributed by atoms with Crippen LogP contribution in [0.5, 0.6) is 0 Å². The van der Waals surface area contributed by atoms with Crippen LogP contribution < -0.4 is 5.32 Å². The summed E-state index contributed by atoms with van der Waals surface area (Å²) in [5, 5.41) is 14.6. The summed E-state index contributed by atoms with van der Waals surface area (Å²) in [6.07, 6.45) is -0.457. The SMILES string of the molecule is COC[C@H](C)NC[C@H](O)c1cc2ccccc2s1. The lowest BCUT2D eigenvalue weighted by Gasteiger charge is -2.15. The molecule has 4 heteroatoms. The fourth-order valence-electron chi connectivity index (χ4n) is 1.89. The van der Waals surface area contributed by atoms with E-state index >= 15 is 0 Å². The molecule has 0 saturated carbocycles. The van der Waals surface area contributed by atoms with Gasteiger partial charge in [0.05, 0.1) is 6.61 Å². The summed E-state index contributed by atoms with van der Waals surface area (Å²) in [5.74, 6) is 0. The molecule has 0 bridgehead atoms. The van der Waals surface area contributed by atoms with Crippen molar-refractivity contribution in [1.29, 1.82) is 0 Å². The maximum absolute atomic E-state index is 10.1. The zero-order valence-corrected chi connectivity index (χ0v) is 11.5. The first-order valence-electron chi connectivity index (χ1n) is 6.09. The first-order valence-corrected chi connectivity index (χ1v) is 6.91. The minimum Gasteiger partial charge on any atom is -0.386 e. The molecule has 2 rings (SSSR count). The van der Waals surface area contributed by atoms with Gasteiger partial charge in [0.25, 0.3) is 0 Å². The van der Waals surface area contributed by atoms with E-state index in [9.17, 15) is 5.11 Å². The van der Waals surface area contributed by atoms with E-state index in [0.29, 0.717) is 13.2 Å². The van der Waals surface area contributed by atoms with E-state index in [0.717, 1.165) is 4.88 Å². The quantitative estimate of drug-likeness (QED) is 0.843. The number of hydrogen-bond donors (Lipinski definition) is 2. The van der Waals surface area contributed by atoms with Crippen molar-refractivity contribution < 1.29 is 9.84 Å². The maximum Gasteiger partial charge on any atom is 0.101 e. The van der Waals surface area contributed by atoms with E-state index in [-0.39, 0.29) is 6.04 Å². The molecule has 18 heavy (non-hydrogen) atoms. The van der Waals surface area contributed by atoms with Crippen LogP contribution in [0.3, 0.4) is 0 Å². The number of rotatable bonds is 6. The largest absolute Gasteiger partial charge is 0.386 e. The third kappa shape index (κ3) is 3.29. The van der Waals surface area contributed by atoms with Crippen molar-refractivity contribution in [1.82, 2.24) is 5.32 Å². The summed E-state index contributed by atoms with van der Waals surface area (Å²) in [5.41, 5.74) is 0. The molecule has 1 heterocycles. The van der Waals surface area contributed by atoms with E-state index < -0.39 is 6.10 Å². The van der Waals surface area contributed by atoms with Crippen LogP contribution in [-0.2, 0) is 4.74 Å². The van der Waals surface area contributed by atoms with Gasteiger partial charge in [-0.3, -0.25) is 0 Å². The second kappa shape index (κ2) is 6.29. The second-order valence-corrected chi connectivity index (χ2v) is 5.58. The van der Waals surface area contributed by atoms with Crippen molar-refractivity contribution in [3.05, 3.63) is 35.2 Å². The predicted octanol–water partition coefficient (Wildman–Crippen LogP) is 2.56. The van der Waals surface area contributed by atoms with Crippen LogP contribution in [0, 0.1) is 0 Å². The minimum atomic E-state index is -0.457. The standard InChI is InChI=1S/C14H19NO2S/c1-10(9-17-2)15-8-12(16)14-7-11-5-3-4-6-13(11)18-14/h3-7,10,12,15-16H,8-9H2,1-2H3/t10-,12-/m0/s1. The number of ether oxygens (including phenoxy) is 1. The summed E-state index contributed by atoms with van der Waals surface area (Å²) in [7, 11) is 1.68. The Morgan fingerprint density at radius 1 is 1.39 bits per heavy atom. The van der Waals surface area contributed by atoms with E-state index in [1.165, 1.54) is 10.1 Å². The number of thiophene rings is 1. The number of hydrogen-bond acceptors (Lipinski definition) is 4. The van der Waals surface area contributed by atoms with Gasteiger partial charge < -0.3 is 15.2 Å². The van der Waals surface area contributed by atoms with Crippen molar-refractivity contribution >= 4 is 21.4 Å². The van der Waals surface area contributed by atoms with Gasteiger partial charge in [0.1, 0.15) is 6.10 Å². The average molecular weight is 265 g/mol. The van der Waals surface area contributed by atoms with E-state index in [1.54, 1.807) is 18.4 Å². The van der Waals surface area contributed by atoms with Crippen LogP contribution in [0.25, 0.3) is 10.1 Å². The lowest BCUT2D eigenvalue weighted by molar-refractivity contribution is 0.145. The van der Waals surface area contributed by atoms with Gasteiger partial charge in [0.2, 0.25) is 0 Å². The molecular formula is C14H19NO2S. The van der Waals surface area contributed by atoms with Crippen LogP contribution in [0.1, 0.15) is 17.9 Å². The monoisotopic (exact) mass is 265 g/mol. The molecular weight excluding hydrogens is 246 g/mol. The second-order valence-electron chi connectivity index (χ2n) is 4.47. The molecule has 0 aliphatic carbocycles. The van der Waals surface area contributed by atoms with Crippen LogP contribution in [0.4, 0.5) is 0 Å². The Morgan fingerprint density at radius 3 is 2.89 bits per heavy atom. The molecule has 0 fully saturated rings. The fraction of sp³-hybridized carbons (Fsp3) is 0.429. The Labute approximate surface area is 111 Å². The van der Waals surface area contributed by atoms with Crippen LogP contribution in [-0.4, -0.2) is 31.4 Å². The Kier molecular flexibility index (Phi) is 4.72. The topological polar surface area (TPSA) is 41.5 Å². The van der Waals surface area contributed by atoms with Crippen LogP contribution in [0.2, 0.25) is 0 Å². The third-order valence-electron chi connectivity index (χ3n) is 2.85. The van der Waals surface area contributed by atoms with Crippen molar-refractivity contribution in [2.24, 2.45) is 0 Å². The Balaban J connectivity index is 1.98. The summed E-state index contributed by atoms with van der Waals surface area (Å²) >= 11 is 1.65. The van der Waals surface area contributed by atoms with E-state index in [2.05, 4.69) is 23.5 Å². The molecule has 0 aliphatic heterocycles. The molecule has 0 saturated heterocycles. The predicted molar refractivity (Wildman–Crippen MR) is 76.1 cm³/mol. The molecule has 0 unspecified atom stereocenters. The van der Waals surface area contributed by atoms with Gasteiger partial charge >= 0.3 is 0 Å². The molecule has 2 aromatic rings. The molecule has 0 spiro atoms. The first-order chi connectivity index (χ1) is 8.70. The molecule has 2 N–H and O–H groups in total. The smallest absolute Gasteiger partial charge is 0.101 e. The first kappa shape index (κ1) is 13.5. The highest BCUT2D eigenvalue weighted by molar-refractivity contribution is 7.19. The Hall–Kier alpha value is -0.940. The third-order valence-corrected chi connectivity index (χ3v) is 4.07. The Bertz CT molecular complexity index is 464. The number of aliphatic hydroxyl groups is 1. The number of nitrogens with one attached hydrogen (secondary N) is 1. The van der Waals surface area contributed by atoms with Crippen molar-refractivity contribution in [2.75, 3.05) is 20.3 Å². The number of methoxy groups -OCH3 is 1. The van der Waals surface area contributed by atoms with Gasteiger partial charge in [-0.05, 0) is 24.4 Å². The molecule has 1 aromatic heterocycles. The minimum absolute atomic E-state index is 0.249. The fourth-order valence-corrected chi connectivity index (χ4v) is 2.94. The summed E-state index contributed by atoms with van der Waals surface area (Å²) < 4.78 is 6.27. The molecule has 3 nitrogen and oxygen atoms in total. The van der Waals surface area contributed by atoms with E-state index in [1.807, 2.05) is 19.1 Å². The van der Waals surface area contributed by atoms with Gasteiger partial charge in [-0.2, -0.15) is 0 Å². The molecule has 2 atom stereocenters. The zero-order valence-electron chi connectivity index (χ0n) is 10.7. The lowest BCUT2D eigenvalue weighted by atomic mass is 10.2. The highest BCUT2D eigenvalue weighted by atomic mass is 32.1. The van der Waals surface area contributed by atoms with Crippen molar-refractivity contribution in [2.45, 2.75) is 19.1 Å². The van der Waals surface area contributed by atoms with Gasteiger partial charge in [0, 0.05) is 29.3 Å². The van der Waals surface area contributed by atoms with Crippen molar-refractivity contribution in [3.63, 3.8) is 0 Å². The zero-order chi connectivity index (χ0) is 13.0. The van der Waals surface area contributed by atoms with Crippen molar-refractivity contribution in [3.8, 4) is 0 Å². The molecule has 0 aliphatic rings. The summed E-state index contributed by atoms with van der Waals surface area (Å²) in [6.45, 7) is 3.25. The number of aliphatic hydroxyl groups excluding tert-OH is 1. The van der Waals surface area contributed by atoms with Gasteiger partial charge in [-0.1, -0.05) is 18.2 Å². The molecule has 0 radical (unpaired) electrons. The molecule has 98 valence electrons. The summed E-state index contributed by atoms with van der Waals surface area (Å²) in [6, 6.07) is 10.5. The number of benzene rings is 1. The van der Waals surface area contributed by atoms with Gasteiger partial charge in [0.15, 0.2) is 0 Å². The highest BCUT2D eigenvalue weighted by Gasteiger charge is 2.12. The Morgan fingerprint density at radius 2 is 2.17 bits per heavy atom. The van der Waals surface area contributed by atoms with Gasteiger partial charge in [-0.25, -0.2) is 0 Å². The molecule has 1 aromatic carbocycles. The van der Waals surface area contributed by atoms with Crippen LogP contribution >= 0.6 is 11.3 Å². The van der Waals surface area contributed by atoms with Gasteiger partial charge in [-0.15, -0.1) is 11.3 Å². The lowest BCUT2D eigenvalue weighted by Crippen LogP contribution is -2.33. The van der Waals surface area contributed by atoms with Crippen LogP contribution in [0.15, 0.2) is 30.3 Å². The molecule has 0 amide bonds. The average Bonchev–Trinajstić information content (AvgIpc) is 2.80. The highest BCUT2D eigenvalue weighted by Crippen LogP contribution is 2.29. The normalized spacial score (nSPS) is 14.8. The maximum atomic E-state index is 10.1.